The number of unbranched alkanes of at least 4 members (excludes halogenated alkanes) is 26. The van der Waals surface area contributed by atoms with Crippen molar-refractivity contribution in [2.75, 3.05) is 67.6 Å². The quantitative estimate of drug-likeness (QED) is 0.0359. The lowest BCUT2D eigenvalue weighted by molar-refractivity contribution is -0.890. The van der Waals surface area contributed by atoms with Crippen LogP contribution in [0, 0.1) is 0 Å². The highest BCUT2D eigenvalue weighted by Gasteiger charge is 2.17. The van der Waals surface area contributed by atoms with Gasteiger partial charge in [-0.1, -0.05) is 168 Å². The van der Waals surface area contributed by atoms with E-state index in [1.807, 2.05) is 0 Å². The van der Waals surface area contributed by atoms with E-state index in [-0.39, 0.29) is 24.8 Å². The van der Waals surface area contributed by atoms with E-state index in [1.165, 1.54) is 180 Å². The molecule has 0 aliphatic carbocycles. The fraction of sp³-hybridized carbons (Fsp3) is 0.956. The monoisotopic (exact) mass is 725 g/mol. The average molecular weight is 725 g/mol. The first-order valence-corrected chi connectivity index (χ1v) is 22.6. The van der Waals surface area contributed by atoms with E-state index in [0.29, 0.717) is 19.6 Å². The van der Waals surface area contributed by atoms with Gasteiger partial charge in [-0.25, -0.2) is 0 Å². The Bertz CT molecular complexity index is 707. The molecule has 0 fully saturated rings. The van der Waals surface area contributed by atoms with Crippen molar-refractivity contribution >= 4 is 11.9 Å². The van der Waals surface area contributed by atoms with Gasteiger partial charge < -0.3 is 18.4 Å². The maximum absolute atomic E-state index is 12.2. The van der Waals surface area contributed by atoms with Gasteiger partial charge >= 0.3 is 11.9 Å². The van der Waals surface area contributed by atoms with Crippen molar-refractivity contribution in [3.05, 3.63) is 0 Å². The second kappa shape index (κ2) is 35.9. The van der Waals surface area contributed by atoms with Crippen molar-refractivity contribution in [1.82, 2.24) is 0 Å². The van der Waals surface area contributed by atoms with Crippen LogP contribution >= 0.6 is 0 Å². The maximum atomic E-state index is 12.2. The molecular weight excluding hydrogens is 633 g/mol. The van der Waals surface area contributed by atoms with Gasteiger partial charge in [-0.2, -0.15) is 0 Å². The fourth-order valence-electron chi connectivity index (χ4n) is 7.03. The summed E-state index contributed by atoms with van der Waals surface area (Å²) < 4.78 is 12.8. The van der Waals surface area contributed by atoms with Crippen LogP contribution < -0.4 is 0 Å². The largest absolute Gasteiger partial charge is 0.460 e. The normalized spacial score (nSPS) is 12.0. The summed E-state index contributed by atoms with van der Waals surface area (Å²) in [6.07, 6.45) is 39.7. The molecule has 6 nitrogen and oxygen atoms in total. The van der Waals surface area contributed by atoms with Crippen LogP contribution in [0.3, 0.4) is 0 Å². The van der Waals surface area contributed by atoms with Crippen LogP contribution in [0.15, 0.2) is 0 Å². The second-order valence-corrected chi connectivity index (χ2v) is 17.3. The summed E-state index contributed by atoms with van der Waals surface area (Å²) in [4.78, 5) is 24.5. The number of ether oxygens (including phenoxy) is 2. The number of nitrogens with zero attached hydrogens (tertiary/aromatic N) is 2. The number of hydrogen-bond acceptors (Lipinski definition) is 4. The number of carbonyl (C=O) groups excluding carboxylic acids is 2. The van der Waals surface area contributed by atoms with Crippen LogP contribution in [0.1, 0.15) is 213 Å². The third-order valence-electron chi connectivity index (χ3n) is 10.9. The third-order valence-corrected chi connectivity index (χ3v) is 10.9. The van der Waals surface area contributed by atoms with Gasteiger partial charge in [-0.15, -0.1) is 0 Å². The number of carbonyl (C=O) groups is 2. The summed E-state index contributed by atoms with van der Waals surface area (Å²) in [5.41, 5.74) is 0. The first-order chi connectivity index (χ1) is 24.6. The van der Waals surface area contributed by atoms with Crippen molar-refractivity contribution in [1.29, 1.82) is 0 Å². The SMILES string of the molecule is CCCCCCCCCCCCCCCC[N+](C)(C)CCOC(=O)CCCC(=O)OCC[N+](C)(C)CCCCCCCCCCCCCCCC. The summed E-state index contributed by atoms with van der Waals surface area (Å²) in [5.74, 6) is -0.407. The average Bonchev–Trinajstić information content (AvgIpc) is 3.08. The first kappa shape index (κ1) is 49.9. The molecule has 0 aromatic carbocycles. The molecular formula is C45H92N2O4+2. The predicted octanol–water partition coefficient (Wildman–Crippen LogP) is 12.4. The maximum Gasteiger partial charge on any atom is 0.306 e. The Balaban J connectivity index is 3.64. The summed E-state index contributed by atoms with van der Waals surface area (Å²) in [6.45, 7) is 9.37. The number of hydrogen-bond donors (Lipinski definition) is 0. The van der Waals surface area contributed by atoms with Crippen molar-refractivity contribution in [3.63, 3.8) is 0 Å². The number of rotatable bonds is 40. The molecule has 51 heavy (non-hydrogen) atoms. The Morgan fingerprint density at radius 1 is 0.333 bits per heavy atom. The van der Waals surface area contributed by atoms with Gasteiger partial charge in [0.25, 0.3) is 0 Å². The molecule has 0 saturated carbocycles. The molecule has 0 bridgehead atoms. The smallest absolute Gasteiger partial charge is 0.306 e. The van der Waals surface area contributed by atoms with E-state index in [1.54, 1.807) is 0 Å². The predicted molar refractivity (Wildman–Crippen MR) is 220 cm³/mol. The van der Waals surface area contributed by atoms with Crippen LogP contribution in [0.5, 0.6) is 0 Å². The van der Waals surface area contributed by atoms with E-state index < -0.39 is 0 Å². The molecule has 0 saturated heterocycles. The topological polar surface area (TPSA) is 52.6 Å². The minimum absolute atomic E-state index is 0.203. The molecule has 0 N–H and O–H groups in total. The van der Waals surface area contributed by atoms with Crippen molar-refractivity contribution in [2.24, 2.45) is 0 Å². The number of quaternary nitrogens is 2. The Hall–Kier alpha value is -1.14. The van der Waals surface area contributed by atoms with Crippen LogP contribution in [0.4, 0.5) is 0 Å². The highest BCUT2D eigenvalue weighted by molar-refractivity contribution is 5.72. The molecule has 0 rings (SSSR count). The lowest BCUT2D eigenvalue weighted by Gasteiger charge is -2.29. The molecule has 0 spiro atoms. The van der Waals surface area contributed by atoms with Crippen LogP contribution in [-0.4, -0.2) is 88.5 Å². The molecule has 0 amide bonds. The van der Waals surface area contributed by atoms with E-state index in [4.69, 9.17) is 9.47 Å². The van der Waals surface area contributed by atoms with Gasteiger partial charge in [0.1, 0.15) is 26.3 Å². The summed E-state index contributed by atoms with van der Waals surface area (Å²) >= 11 is 0. The van der Waals surface area contributed by atoms with Crippen molar-refractivity contribution in [2.45, 2.75) is 213 Å². The standard InChI is InChI=1S/C45H92N2O4/c1-7-9-11-13-15-17-19-21-23-25-27-29-31-33-38-46(3,4)40-42-50-44(48)36-35-37-45(49)51-43-41-47(5,6)39-34-32-30-28-26-24-22-20-18-16-14-12-10-8-2/h7-43H2,1-6H3/q+2. The van der Waals surface area contributed by atoms with Gasteiger partial charge in [0.05, 0.1) is 41.3 Å². The molecule has 304 valence electrons. The summed E-state index contributed by atoms with van der Waals surface area (Å²) in [6, 6.07) is 0. The van der Waals surface area contributed by atoms with Gasteiger partial charge in [-0.3, -0.25) is 9.59 Å². The van der Waals surface area contributed by atoms with Crippen LogP contribution in [0.2, 0.25) is 0 Å². The summed E-state index contributed by atoms with van der Waals surface area (Å²) in [7, 11) is 8.91. The molecule has 0 aliphatic heterocycles. The Labute approximate surface area is 319 Å². The summed E-state index contributed by atoms with van der Waals surface area (Å²) in [5, 5.41) is 0. The van der Waals surface area contributed by atoms with Crippen molar-refractivity contribution in [3.8, 4) is 0 Å². The third kappa shape index (κ3) is 38.4. The molecule has 0 aliphatic rings. The van der Waals surface area contributed by atoms with Crippen LogP contribution in [0.25, 0.3) is 0 Å². The Kier molecular flexibility index (Phi) is 35.1. The molecule has 6 heteroatoms. The molecule has 0 aromatic rings. The highest BCUT2D eigenvalue weighted by atomic mass is 16.5. The second-order valence-electron chi connectivity index (χ2n) is 17.3. The first-order valence-electron chi connectivity index (χ1n) is 22.6. The minimum Gasteiger partial charge on any atom is -0.460 e. The lowest BCUT2D eigenvalue weighted by Crippen LogP contribution is -2.43. The zero-order valence-electron chi connectivity index (χ0n) is 35.7. The van der Waals surface area contributed by atoms with Crippen LogP contribution in [-0.2, 0) is 19.1 Å². The molecule has 0 aromatic heterocycles. The Morgan fingerprint density at radius 3 is 0.824 bits per heavy atom. The van der Waals surface area contributed by atoms with Gasteiger partial charge in [-0.05, 0) is 32.1 Å². The Morgan fingerprint density at radius 2 is 0.569 bits per heavy atom. The van der Waals surface area contributed by atoms with Gasteiger partial charge in [0.15, 0.2) is 0 Å². The molecule has 0 unspecified atom stereocenters. The van der Waals surface area contributed by atoms with Gasteiger partial charge in [0, 0.05) is 12.8 Å². The fourth-order valence-corrected chi connectivity index (χ4v) is 7.03. The lowest BCUT2D eigenvalue weighted by atomic mass is 10.0. The zero-order valence-corrected chi connectivity index (χ0v) is 35.7. The minimum atomic E-state index is -0.203. The van der Waals surface area contributed by atoms with E-state index >= 15 is 0 Å². The highest BCUT2D eigenvalue weighted by Crippen LogP contribution is 2.15. The van der Waals surface area contributed by atoms with Gasteiger partial charge in [0.2, 0.25) is 0 Å². The van der Waals surface area contributed by atoms with E-state index in [9.17, 15) is 9.59 Å². The zero-order chi connectivity index (χ0) is 37.7. The molecule has 0 radical (unpaired) electrons. The van der Waals surface area contributed by atoms with E-state index in [2.05, 4.69) is 42.0 Å². The molecule has 0 heterocycles. The number of esters is 2. The number of likely N-dealkylation sites (N-methyl/N-ethyl adjacent to an activating group) is 2. The van der Waals surface area contributed by atoms with Crippen molar-refractivity contribution < 1.29 is 28.0 Å². The molecule has 0 atom stereocenters. The van der Waals surface area contributed by atoms with E-state index in [0.717, 1.165) is 35.1 Å².